The second-order valence-corrected chi connectivity index (χ2v) is 6.53. The molecule has 0 bridgehead atoms. The number of halogens is 1. The zero-order chi connectivity index (χ0) is 19.5. The Bertz CT molecular complexity index is 988. The first-order valence-corrected chi connectivity index (χ1v) is 9.01. The van der Waals surface area contributed by atoms with Crippen LogP contribution in [0.25, 0.3) is 0 Å². The summed E-state index contributed by atoms with van der Waals surface area (Å²) < 4.78 is 26.8. The number of carbonyl (C=O) groups is 1. The summed E-state index contributed by atoms with van der Waals surface area (Å²) in [5, 5.41) is 4.36. The number of amides is 1. The standard InChI is InChI=1S/C21H20FN3O3/c1-27-18-9-5-8-16(20(18)22)13-24-10-11-25-17(21(24)26)12-19(23-25)28-14-15-6-3-2-4-7-15/h2-9,12H,10-11,13-14H2,1H3. The highest BCUT2D eigenvalue weighted by Crippen LogP contribution is 2.24. The number of nitrogens with zero attached hydrogens (tertiary/aromatic N) is 3. The summed E-state index contributed by atoms with van der Waals surface area (Å²) in [7, 11) is 1.42. The summed E-state index contributed by atoms with van der Waals surface area (Å²) in [4.78, 5) is 14.4. The maximum absolute atomic E-state index is 14.4. The third kappa shape index (κ3) is 3.55. The van der Waals surface area contributed by atoms with Crippen molar-refractivity contribution in [3.05, 3.63) is 77.2 Å². The smallest absolute Gasteiger partial charge is 0.272 e. The molecular weight excluding hydrogens is 361 g/mol. The van der Waals surface area contributed by atoms with E-state index >= 15 is 0 Å². The topological polar surface area (TPSA) is 56.6 Å². The molecule has 0 aliphatic carbocycles. The Kier molecular flexibility index (Phi) is 4.97. The lowest BCUT2D eigenvalue weighted by Gasteiger charge is -2.27. The van der Waals surface area contributed by atoms with Crippen molar-refractivity contribution in [2.45, 2.75) is 19.7 Å². The molecule has 0 atom stereocenters. The lowest BCUT2D eigenvalue weighted by Crippen LogP contribution is -2.40. The average Bonchev–Trinajstić information content (AvgIpc) is 3.15. The van der Waals surface area contributed by atoms with E-state index in [-0.39, 0.29) is 18.2 Å². The van der Waals surface area contributed by atoms with Gasteiger partial charge in [0.1, 0.15) is 12.3 Å². The molecular formula is C21H20FN3O3. The van der Waals surface area contributed by atoms with Gasteiger partial charge < -0.3 is 14.4 Å². The molecule has 1 aliphatic rings. The van der Waals surface area contributed by atoms with Gasteiger partial charge in [-0.1, -0.05) is 42.5 Å². The van der Waals surface area contributed by atoms with E-state index in [1.807, 2.05) is 30.3 Å². The van der Waals surface area contributed by atoms with E-state index in [2.05, 4.69) is 5.10 Å². The van der Waals surface area contributed by atoms with E-state index in [0.29, 0.717) is 36.8 Å². The fourth-order valence-electron chi connectivity index (χ4n) is 3.21. The van der Waals surface area contributed by atoms with Crippen molar-refractivity contribution in [1.82, 2.24) is 14.7 Å². The molecule has 1 amide bonds. The summed E-state index contributed by atoms with van der Waals surface area (Å²) in [5.41, 5.74) is 1.88. The van der Waals surface area contributed by atoms with E-state index in [4.69, 9.17) is 9.47 Å². The monoisotopic (exact) mass is 381 g/mol. The highest BCUT2D eigenvalue weighted by molar-refractivity contribution is 5.93. The molecule has 3 aromatic rings. The molecule has 0 radical (unpaired) electrons. The third-order valence-electron chi connectivity index (χ3n) is 4.70. The van der Waals surface area contributed by atoms with Crippen molar-refractivity contribution in [3.63, 3.8) is 0 Å². The van der Waals surface area contributed by atoms with Crippen molar-refractivity contribution >= 4 is 5.91 Å². The number of rotatable bonds is 6. The molecule has 2 aromatic carbocycles. The van der Waals surface area contributed by atoms with Gasteiger partial charge >= 0.3 is 0 Å². The molecule has 0 N–H and O–H groups in total. The van der Waals surface area contributed by atoms with Crippen LogP contribution in [0.3, 0.4) is 0 Å². The number of benzene rings is 2. The molecule has 1 aromatic heterocycles. The molecule has 2 heterocycles. The van der Waals surface area contributed by atoms with Gasteiger partial charge in [0.15, 0.2) is 11.6 Å². The number of aromatic nitrogens is 2. The van der Waals surface area contributed by atoms with Crippen molar-refractivity contribution in [2.24, 2.45) is 0 Å². The van der Waals surface area contributed by atoms with Crippen LogP contribution in [0.5, 0.6) is 11.6 Å². The SMILES string of the molecule is COc1cccc(CN2CCn3nc(OCc4ccccc4)cc3C2=O)c1F. The summed E-state index contributed by atoms with van der Waals surface area (Å²) in [6.45, 7) is 1.53. The fraction of sp³-hybridized carbons (Fsp3) is 0.238. The Morgan fingerprint density at radius 2 is 1.93 bits per heavy atom. The average molecular weight is 381 g/mol. The van der Waals surface area contributed by atoms with E-state index in [9.17, 15) is 9.18 Å². The largest absolute Gasteiger partial charge is 0.494 e. The van der Waals surface area contributed by atoms with E-state index < -0.39 is 5.82 Å². The van der Waals surface area contributed by atoms with Crippen LogP contribution in [0.2, 0.25) is 0 Å². The second-order valence-electron chi connectivity index (χ2n) is 6.53. The van der Waals surface area contributed by atoms with E-state index in [1.54, 1.807) is 33.8 Å². The van der Waals surface area contributed by atoms with Gasteiger partial charge in [-0.25, -0.2) is 4.39 Å². The number of ether oxygens (including phenoxy) is 2. The van der Waals surface area contributed by atoms with Gasteiger partial charge in [-0.3, -0.25) is 9.48 Å². The molecule has 1 aliphatic heterocycles. The first-order chi connectivity index (χ1) is 13.7. The molecule has 144 valence electrons. The van der Waals surface area contributed by atoms with Gasteiger partial charge in [-0.2, -0.15) is 0 Å². The van der Waals surface area contributed by atoms with Crippen molar-refractivity contribution in [3.8, 4) is 11.6 Å². The maximum Gasteiger partial charge on any atom is 0.272 e. The Balaban J connectivity index is 1.47. The highest BCUT2D eigenvalue weighted by Gasteiger charge is 2.28. The normalized spacial score (nSPS) is 13.4. The molecule has 0 unspecified atom stereocenters. The molecule has 0 spiro atoms. The summed E-state index contributed by atoms with van der Waals surface area (Å²) >= 11 is 0. The predicted molar refractivity (Wildman–Crippen MR) is 101 cm³/mol. The second kappa shape index (κ2) is 7.72. The Morgan fingerprint density at radius 1 is 1.11 bits per heavy atom. The van der Waals surface area contributed by atoms with Gasteiger partial charge in [0.2, 0.25) is 5.88 Å². The predicted octanol–water partition coefficient (Wildman–Crippen LogP) is 3.27. The van der Waals surface area contributed by atoms with Crippen LogP contribution in [0.1, 0.15) is 21.6 Å². The van der Waals surface area contributed by atoms with Crippen LogP contribution >= 0.6 is 0 Å². The number of hydrogen-bond donors (Lipinski definition) is 0. The van der Waals surface area contributed by atoms with Crippen LogP contribution in [0, 0.1) is 5.82 Å². The number of methoxy groups -OCH3 is 1. The van der Waals surface area contributed by atoms with Gasteiger partial charge in [-0.15, -0.1) is 5.10 Å². The van der Waals surface area contributed by atoms with Crippen LogP contribution in [-0.2, 0) is 19.7 Å². The number of carbonyl (C=O) groups excluding carboxylic acids is 1. The quantitative estimate of drug-likeness (QED) is 0.658. The van der Waals surface area contributed by atoms with E-state index in [1.165, 1.54) is 7.11 Å². The molecule has 0 saturated heterocycles. The van der Waals surface area contributed by atoms with Crippen molar-refractivity contribution in [1.29, 1.82) is 0 Å². The molecule has 7 heteroatoms. The highest BCUT2D eigenvalue weighted by atomic mass is 19.1. The summed E-state index contributed by atoms with van der Waals surface area (Å²) in [5.74, 6) is -0.0653. The Morgan fingerprint density at radius 3 is 2.71 bits per heavy atom. The zero-order valence-electron chi connectivity index (χ0n) is 15.5. The molecule has 0 fully saturated rings. The van der Waals surface area contributed by atoms with Crippen molar-refractivity contribution in [2.75, 3.05) is 13.7 Å². The fourth-order valence-corrected chi connectivity index (χ4v) is 3.21. The van der Waals surface area contributed by atoms with Crippen LogP contribution < -0.4 is 9.47 Å². The Hall–Kier alpha value is -3.35. The third-order valence-corrected chi connectivity index (χ3v) is 4.70. The first kappa shape index (κ1) is 18.0. The minimum Gasteiger partial charge on any atom is -0.494 e. The lowest BCUT2D eigenvalue weighted by molar-refractivity contribution is 0.0681. The lowest BCUT2D eigenvalue weighted by atomic mass is 10.1. The first-order valence-electron chi connectivity index (χ1n) is 9.01. The van der Waals surface area contributed by atoms with Gasteiger partial charge in [0.25, 0.3) is 5.91 Å². The maximum atomic E-state index is 14.4. The minimum atomic E-state index is -0.441. The van der Waals surface area contributed by atoms with Gasteiger partial charge in [-0.05, 0) is 11.6 Å². The minimum absolute atomic E-state index is 0.170. The Labute approximate surface area is 162 Å². The van der Waals surface area contributed by atoms with Gasteiger partial charge in [0, 0.05) is 24.7 Å². The molecule has 4 rings (SSSR count). The van der Waals surface area contributed by atoms with Gasteiger partial charge in [0.05, 0.1) is 13.7 Å². The van der Waals surface area contributed by atoms with Crippen LogP contribution in [0.4, 0.5) is 4.39 Å². The van der Waals surface area contributed by atoms with Crippen LogP contribution in [-0.4, -0.2) is 34.2 Å². The molecule has 28 heavy (non-hydrogen) atoms. The zero-order valence-corrected chi connectivity index (χ0v) is 15.5. The summed E-state index contributed by atoms with van der Waals surface area (Å²) in [6.07, 6.45) is 0. The number of fused-ring (bicyclic) bond motifs is 1. The number of hydrogen-bond acceptors (Lipinski definition) is 4. The van der Waals surface area contributed by atoms with Crippen LogP contribution in [0.15, 0.2) is 54.6 Å². The molecule has 6 nitrogen and oxygen atoms in total. The van der Waals surface area contributed by atoms with E-state index in [0.717, 1.165) is 5.56 Å². The molecule has 0 saturated carbocycles. The van der Waals surface area contributed by atoms with Crippen molar-refractivity contribution < 1.29 is 18.7 Å². The summed E-state index contributed by atoms with van der Waals surface area (Å²) in [6, 6.07) is 16.3.